The summed E-state index contributed by atoms with van der Waals surface area (Å²) in [7, 11) is 0. The molecule has 4 aromatic rings. The summed E-state index contributed by atoms with van der Waals surface area (Å²) in [5.74, 6) is -1.16. The Hall–Kier alpha value is -6.75. The molecule has 0 aromatic heterocycles. The molecular weight excluding hydrogens is 741 g/mol. The fraction of sp³-hybridized carbons (Fsp3) is 0.255. The van der Waals surface area contributed by atoms with E-state index >= 15 is 0 Å². The molecule has 0 saturated carbocycles. The van der Waals surface area contributed by atoms with Gasteiger partial charge in [0.15, 0.2) is 0 Å². The van der Waals surface area contributed by atoms with E-state index in [1.807, 2.05) is 30.3 Å². The molecule has 11 nitrogen and oxygen atoms in total. The molecule has 1 aliphatic rings. The molecule has 1 aliphatic carbocycles. The Morgan fingerprint density at radius 3 is 2.02 bits per heavy atom. The van der Waals surface area contributed by atoms with Crippen molar-refractivity contribution in [1.82, 2.24) is 0 Å². The van der Waals surface area contributed by atoms with Crippen molar-refractivity contribution in [3.63, 3.8) is 0 Å². The molecule has 58 heavy (non-hydrogen) atoms. The quantitative estimate of drug-likeness (QED) is 0.0578. The average molecular weight is 787 g/mol. The first-order valence-electron chi connectivity index (χ1n) is 18.9. The maximum atomic E-state index is 12.8. The third kappa shape index (κ3) is 11.9. The molecule has 0 heterocycles. The van der Waals surface area contributed by atoms with Gasteiger partial charge in [-0.3, -0.25) is 4.79 Å². The Bertz CT molecular complexity index is 2250. The van der Waals surface area contributed by atoms with Gasteiger partial charge in [0.25, 0.3) is 0 Å². The smallest absolute Gasteiger partial charge is 0.343 e. The van der Waals surface area contributed by atoms with Gasteiger partial charge in [0.1, 0.15) is 23.0 Å². The highest BCUT2D eigenvalue weighted by Crippen LogP contribution is 2.36. The first-order valence-corrected chi connectivity index (χ1v) is 18.9. The molecule has 0 spiro atoms. The minimum Gasteiger partial charge on any atom is -0.494 e. The van der Waals surface area contributed by atoms with Crippen LogP contribution in [0, 0.1) is 12.8 Å². The number of rotatable bonds is 17. The largest absolute Gasteiger partial charge is 0.494 e. The van der Waals surface area contributed by atoms with Crippen LogP contribution in [0.5, 0.6) is 23.0 Å². The molecule has 0 radical (unpaired) electrons. The van der Waals surface area contributed by atoms with Gasteiger partial charge in [-0.25, -0.2) is 19.2 Å². The summed E-state index contributed by atoms with van der Waals surface area (Å²) < 4.78 is 32.9. The zero-order valence-corrected chi connectivity index (χ0v) is 33.1. The van der Waals surface area contributed by atoms with Gasteiger partial charge >= 0.3 is 29.8 Å². The third-order valence-electron chi connectivity index (χ3n) is 9.15. The number of benzene rings is 4. The SMILES string of the molecule is C=C(C)C(=O)OCC(CCOc1ccc2c(c1)CCc1cc(/C=C/C(=O)Oc3ccc(OC(=O)c4ccc(OC(=O)C(=C)C)cc4)cc3C)ccc1-2)COC(=O)CC. The molecule has 0 aliphatic heterocycles. The molecule has 0 fully saturated rings. The summed E-state index contributed by atoms with van der Waals surface area (Å²) in [6.07, 6.45) is 5.48. The lowest BCUT2D eigenvalue weighted by Gasteiger charge is -2.22. The van der Waals surface area contributed by atoms with E-state index < -0.39 is 23.9 Å². The topological polar surface area (TPSA) is 141 Å². The predicted molar refractivity (Wildman–Crippen MR) is 218 cm³/mol. The highest BCUT2D eigenvalue weighted by molar-refractivity contribution is 5.92. The number of aryl methyl sites for hydroxylation is 3. The van der Waals surface area contributed by atoms with E-state index in [0.29, 0.717) is 29.9 Å². The minimum absolute atomic E-state index is 0.0951. The minimum atomic E-state index is -0.607. The third-order valence-corrected chi connectivity index (χ3v) is 9.15. The van der Waals surface area contributed by atoms with Crippen LogP contribution in [0.15, 0.2) is 109 Å². The fourth-order valence-corrected chi connectivity index (χ4v) is 5.90. The van der Waals surface area contributed by atoms with Crippen LogP contribution in [0.1, 0.15) is 66.2 Å². The van der Waals surface area contributed by atoms with Crippen LogP contribution < -0.4 is 18.9 Å². The zero-order valence-electron chi connectivity index (χ0n) is 33.1. The zero-order chi connectivity index (χ0) is 41.8. The monoisotopic (exact) mass is 786 g/mol. The van der Waals surface area contributed by atoms with Crippen molar-refractivity contribution in [2.45, 2.75) is 53.4 Å². The van der Waals surface area contributed by atoms with Gasteiger partial charge in [-0.15, -0.1) is 0 Å². The lowest BCUT2D eigenvalue weighted by molar-refractivity contribution is -0.147. The van der Waals surface area contributed by atoms with Gasteiger partial charge in [-0.05, 0) is 134 Å². The molecule has 300 valence electrons. The molecule has 0 bridgehead atoms. The Balaban J connectivity index is 1.13. The van der Waals surface area contributed by atoms with Crippen molar-refractivity contribution in [3.8, 4) is 34.1 Å². The molecule has 11 heteroatoms. The molecular formula is C47H46O11. The standard InChI is InChI=1S/C47H46O11/c1-7-43(48)54-27-33(28-55-45(50)29(2)3)22-23-53-38-16-19-41-36(26-38)11-10-35-25-32(8-18-40(35)41)9-21-44(49)58-42-20-17-39(24-31(42)6)57-47(52)34-12-14-37(15-13-34)56-46(51)30(4)5/h8-9,12-21,24-26,33H,2,4,7,10-11,22-23,27-28H2,1,3,5-6H3/b21-9+. The number of fused-ring (bicyclic) bond motifs is 3. The summed E-state index contributed by atoms with van der Waals surface area (Å²) in [5.41, 5.74) is 6.81. The number of hydrogen-bond donors (Lipinski definition) is 0. The van der Waals surface area contributed by atoms with Gasteiger partial charge < -0.3 is 28.4 Å². The van der Waals surface area contributed by atoms with Crippen molar-refractivity contribution in [2.24, 2.45) is 5.92 Å². The summed E-state index contributed by atoms with van der Waals surface area (Å²) in [5, 5.41) is 0. The van der Waals surface area contributed by atoms with E-state index in [0.717, 1.165) is 46.4 Å². The normalized spacial score (nSPS) is 12.0. The molecule has 4 aromatic carbocycles. The van der Waals surface area contributed by atoms with Gasteiger partial charge in [-0.2, -0.15) is 0 Å². The lowest BCUT2D eigenvalue weighted by Crippen LogP contribution is -2.23. The fourth-order valence-electron chi connectivity index (χ4n) is 5.90. The number of hydrogen-bond acceptors (Lipinski definition) is 11. The highest BCUT2D eigenvalue weighted by Gasteiger charge is 2.19. The average Bonchev–Trinajstić information content (AvgIpc) is 3.21. The molecule has 0 N–H and O–H groups in total. The molecule has 0 saturated heterocycles. The van der Waals surface area contributed by atoms with Crippen LogP contribution >= 0.6 is 0 Å². The van der Waals surface area contributed by atoms with E-state index in [4.69, 9.17) is 28.4 Å². The van der Waals surface area contributed by atoms with Crippen molar-refractivity contribution in [3.05, 3.63) is 137 Å². The summed E-state index contributed by atoms with van der Waals surface area (Å²) in [6, 6.07) is 22.7. The van der Waals surface area contributed by atoms with Crippen molar-refractivity contribution in [2.75, 3.05) is 19.8 Å². The van der Waals surface area contributed by atoms with E-state index in [1.165, 1.54) is 36.4 Å². The van der Waals surface area contributed by atoms with Crippen LogP contribution in [-0.4, -0.2) is 49.7 Å². The molecule has 1 atom stereocenters. The molecule has 5 rings (SSSR count). The van der Waals surface area contributed by atoms with Crippen LogP contribution in [0.25, 0.3) is 17.2 Å². The second-order valence-electron chi connectivity index (χ2n) is 13.9. The summed E-state index contributed by atoms with van der Waals surface area (Å²) in [6.45, 7) is 14.3. The lowest BCUT2D eigenvalue weighted by atomic mass is 9.84. The Morgan fingerprint density at radius 2 is 1.34 bits per heavy atom. The van der Waals surface area contributed by atoms with Crippen molar-refractivity contribution in [1.29, 1.82) is 0 Å². The van der Waals surface area contributed by atoms with Crippen LogP contribution in [0.4, 0.5) is 0 Å². The Labute approximate surface area is 337 Å². The summed E-state index contributed by atoms with van der Waals surface area (Å²) in [4.78, 5) is 60.8. The van der Waals surface area contributed by atoms with E-state index in [9.17, 15) is 24.0 Å². The number of carbonyl (C=O) groups is 5. The Morgan fingerprint density at radius 1 is 0.707 bits per heavy atom. The van der Waals surface area contributed by atoms with Crippen molar-refractivity contribution >= 4 is 35.9 Å². The van der Waals surface area contributed by atoms with E-state index in [-0.39, 0.29) is 54.2 Å². The predicted octanol–water partition coefficient (Wildman–Crippen LogP) is 8.54. The highest BCUT2D eigenvalue weighted by atomic mass is 16.6. The van der Waals surface area contributed by atoms with Crippen LogP contribution in [0.2, 0.25) is 0 Å². The maximum absolute atomic E-state index is 12.8. The number of ether oxygens (including phenoxy) is 6. The number of carbonyl (C=O) groups excluding carboxylic acids is 5. The second-order valence-corrected chi connectivity index (χ2v) is 13.9. The Kier molecular flexibility index (Phi) is 14.5. The van der Waals surface area contributed by atoms with Gasteiger partial charge in [0.05, 0.1) is 25.4 Å². The number of esters is 5. The van der Waals surface area contributed by atoms with Gasteiger partial charge in [-0.1, -0.05) is 44.3 Å². The maximum Gasteiger partial charge on any atom is 0.343 e. The van der Waals surface area contributed by atoms with E-state index in [1.54, 1.807) is 45.9 Å². The first-order chi connectivity index (χ1) is 27.8. The molecule has 0 amide bonds. The van der Waals surface area contributed by atoms with Gasteiger partial charge in [0.2, 0.25) is 0 Å². The van der Waals surface area contributed by atoms with Crippen LogP contribution in [-0.2, 0) is 41.5 Å². The summed E-state index contributed by atoms with van der Waals surface area (Å²) >= 11 is 0. The first kappa shape index (κ1) is 42.4. The van der Waals surface area contributed by atoms with Crippen LogP contribution in [0.3, 0.4) is 0 Å². The van der Waals surface area contributed by atoms with E-state index in [2.05, 4.69) is 19.2 Å². The van der Waals surface area contributed by atoms with Gasteiger partial charge in [0, 0.05) is 29.6 Å². The molecule has 1 unspecified atom stereocenters. The van der Waals surface area contributed by atoms with Crippen molar-refractivity contribution < 1.29 is 52.4 Å². The second kappa shape index (κ2) is 19.9.